The second kappa shape index (κ2) is 7.16. The summed E-state index contributed by atoms with van der Waals surface area (Å²) < 4.78 is 0. The van der Waals surface area contributed by atoms with E-state index in [4.69, 9.17) is 5.11 Å². The second-order valence-corrected chi connectivity index (χ2v) is 4.51. The highest BCUT2D eigenvalue weighted by Gasteiger charge is 2.10. The van der Waals surface area contributed by atoms with E-state index < -0.39 is 0 Å². The molecule has 18 heavy (non-hydrogen) atoms. The largest absolute Gasteiger partial charge is 0.396 e. The van der Waals surface area contributed by atoms with Crippen LogP contribution in [0.4, 0.5) is 11.6 Å². The van der Waals surface area contributed by atoms with E-state index in [0.29, 0.717) is 5.92 Å². The standard InChI is InChI=1S/C13H24N4O/c1-5-11(6-7-18)8-15-13-9(2)12(14-4)16-10(3)17-13/h11,18H,5-8H2,1-4H3,(H2,14,15,16,17). The minimum Gasteiger partial charge on any atom is -0.396 e. The smallest absolute Gasteiger partial charge is 0.134 e. The van der Waals surface area contributed by atoms with Crippen molar-refractivity contribution in [3.05, 3.63) is 11.4 Å². The molecule has 1 aromatic rings. The molecule has 0 aliphatic carbocycles. The second-order valence-electron chi connectivity index (χ2n) is 4.51. The van der Waals surface area contributed by atoms with E-state index in [9.17, 15) is 0 Å². The molecular formula is C13H24N4O. The molecule has 0 aliphatic rings. The van der Waals surface area contributed by atoms with Gasteiger partial charge in [0, 0.05) is 25.8 Å². The molecule has 1 heterocycles. The molecule has 1 aromatic heterocycles. The topological polar surface area (TPSA) is 70.1 Å². The molecule has 102 valence electrons. The third-order valence-electron chi connectivity index (χ3n) is 3.17. The van der Waals surface area contributed by atoms with E-state index in [-0.39, 0.29) is 6.61 Å². The van der Waals surface area contributed by atoms with Crippen LogP contribution in [-0.2, 0) is 0 Å². The number of anilines is 2. The lowest BCUT2D eigenvalue weighted by Gasteiger charge is -2.17. The van der Waals surface area contributed by atoms with Gasteiger partial charge in [0.15, 0.2) is 0 Å². The van der Waals surface area contributed by atoms with E-state index in [1.807, 2.05) is 20.9 Å². The summed E-state index contributed by atoms with van der Waals surface area (Å²) in [5, 5.41) is 15.4. The predicted octanol–water partition coefficient (Wildman–Crippen LogP) is 1.96. The van der Waals surface area contributed by atoms with Crippen LogP contribution >= 0.6 is 0 Å². The number of rotatable bonds is 7. The Hall–Kier alpha value is -1.36. The van der Waals surface area contributed by atoms with Crippen LogP contribution in [0.2, 0.25) is 0 Å². The van der Waals surface area contributed by atoms with Gasteiger partial charge in [0.25, 0.3) is 0 Å². The number of nitrogens with zero attached hydrogens (tertiary/aromatic N) is 2. The van der Waals surface area contributed by atoms with Crippen molar-refractivity contribution in [2.45, 2.75) is 33.6 Å². The van der Waals surface area contributed by atoms with Crippen LogP contribution in [-0.4, -0.2) is 35.3 Å². The fourth-order valence-corrected chi connectivity index (χ4v) is 1.92. The molecule has 1 rings (SSSR count). The summed E-state index contributed by atoms with van der Waals surface area (Å²) in [5.74, 6) is 2.97. The predicted molar refractivity (Wildman–Crippen MR) is 75.0 cm³/mol. The van der Waals surface area contributed by atoms with Gasteiger partial charge in [-0.3, -0.25) is 0 Å². The van der Waals surface area contributed by atoms with E-state index in [1.54, 1.807) is 0 Å². The van der Waals surface area contributed by atoms with Crippen molar-refractivity contribution < 1.29 is 5.11 Å². The SMILES string of the molecule is CCC(CCO)CNc1nc(C)nc(NC)c1C. The van der Waals surface area contributed by atoms with E-state index >= 15 is 0 Å². The van der Waals surface area contributed by atoms with Crippen LogP contribution in [0.15, 0.2) is 0 Å². The number of nitrogens with one attached hydrogen (secondary N) is 2. The van der Waals surface area contributed by atoms with E-state index in [2.05, 4.69) is 27.5 Å². The highest BCUT2D eigenvalue weighted by molar-refractivity contribution is 5.56. The number of aryl methyl sites for hydroxylation is 1. The summed E-state index contributed by atoms with van der Waals surface area (Å²) in [6.07, 6.45) is 1.88. The molecular weight excluding hydrogens is 228 g/mol. The molecule has 5 heteroatoms. The minimum atomic E-state index is 0.240. The summed E-state index contributed by atoms with van der Waals surface area (Å²) in [6, 6.07) is 0. The third kappa shape index (κ3) is 3.84. The van der Waals surface area contributed by atoms with Gasteiger partial charge in [0.05, 0.1) is 0 Å². The zero-order chi connectivity index (χ0) is 13.5. The van der Waals surface area contributed by atoms with Gasteiger partial charge >= 0.3 is 0 Å². The Balaban J connectivity index is 2.74. The number of hydrogen-bond donors (Lipinski definition) is 3. The van der Waals surface area contributed by atoms with Crippen LogP contribution in [0.25, 0.3) is 0 Å². The first kappa shape index (κ1) is 14.7. The van der Waals surface area contributed by atoms with Crippen molar-refractivity contribution in [2.75, 3.05) is 30.8 Å². The molecule has 0 spiro atoms. The summed E-state index contributed by atoms with van der Waals surface area (Å²) >= 11 is 0. The maximum Gasteiger partial charge on any atom is 0.134 e. The first-order valence-electron chi connectivity index (χ1n) is 6.50. The summed E-state index contributed by atoms with van der Waals surface area (Å²) in [7, 11) is 1.86. The Morgan fingerprint density at radius 3 is 2.44 bits per heavy atom. The Labute approximate surface area is 109 Å². The van der Waals surface area contributed by atoms with Crippen molar-refractivity contribution in [3.63, 3.8) is 0 Å². The lowest BCUT2D eigenvalue weighted by Crippen LogP contribution is -2.17. The van der Waals surface area contributed by atoms with Gasteiger partial charge in [0.2, 0.25) is 0 Å². The quantitative estimate of drug-likeness (QED) is 0.692. The molecule has 0 saturated heterocycles. The van der Waals surface area contributed by atoms with Crippen LogP contribution in [0.3, 0.4) is 0 Å². The van der Waals surface area contributed by atoms with Crippen LogP contribution in [0.1, 0.15) is 31.2 Å². The van der Waals surface area contributed by atoms with Crippen LogP contribution in [0, 0.1) is 19.8 Å². The minimum absolute atomic E-state index is 0.240. The van der Waals surface area contributed by atoms with Crippen molar-refractivity contribution in [1.82, 2.24) is 9.97 Å². The van der Waals surface area contributed by atoms with Gasteiger partial charge in [-0.15, -0.1) is 0 Å². The maximum atomic E-state index is 8.98. The first-order valence-corrected chi connectivity index (χ1v) is 6.50. The van der Waals surface area contributed by atoms with Gasteiger partial charge in [-0.05, 0) is 26.2 Å². The molecule has 0 fully saturated rings. The lowest BCUT2D eigenvalue weighted by atomic mass is 10.0. The number of hydrogen-bond acceptors (Lipinski definition) is 5. The molecule has 0 aliphatic heterocycles. The maximum absolute atomic E-state index is 8.98. The molecule has 5 nitrogen and oxygen atoms in total. The summed E-state index contributed by atoms with van der Waals surface area (Å²) in [5.41, 5.74) is 1.03. The van der Waals surface area contributed by atoms with Gasteiger partial charge < -0.3 is 15.7 Å². The fourth-order valence-electron chi connectivity index (χ4n) is 1.92. The van der Waals surface area contributed by atoms with Crippen molar-refractivity contribution >= 4 is 11.6 Å². The number of aliphatic hydroxyl groups excluding tert-OH is 1. The highest BCUT2D eigenvalue weighted by atomic mass is 16.3. The summed E-state index contributed by atoms with van der Waals surface area (Å²) in [4.78, 5) is 8.76. The van der Waals surface area contributed by atoms with E-state index in [0.717, 1.165) is 42.4 Å². The number of aliphatic hydroxyl groups is 1. The van der Waals surface area contributed by atoms with Crippen molar-refractivity contribution in [3.8, 4) is 0 Å². The monoisotopic (exact) mass is 252 g/mol. The Morgan fingerprint density at radius 2 is 1.89 bits per heavy atom. The zero-order valence-electron chi connectivity index (χ0n) is 11.7. The van der Waals surface area contributed by atoms with Crippen LogP contribution in [0.5, 0.6) is 0 Å². The average molecular weight is 252 g/mol. The average Bonchev–Trinajstić information content (AvgIpc) is 2.37. The van der Waals surface area contributed by atoms with Gasteiger partial charge in [-0.25, -0.2) is 9.97 Å². The van der Waals surface area contributed by atoms with E-state index in [1.165, 1.54) is 0 Å². The molecule has 0 radical (unpaired) electrons. The summed E-state index contributed by atoms with van der Waals surface area (Å²) in [6.45, 7) is 7.09. The molecule has 0 bridgehead atoms. The van der Waals surface area contributed by atoms with Gasteiger partial charge in [-0.2, -0.15) is 0 Å². The lowest BCUT2D eigenvalue weighted by molar-refractivity contribution is 0.258. The Bertz CT molecular complexity index is 381. The molecule has 0 aromatic carbocycles. The molecule has 0 amide bonds. The molecule has 1 atom stereocenters. The normalized spacial score (nSPS) is 12.3. The van der Waals surface area contributed by atoms with Gasteiger partial charge in [0.1, 0.15) is 17.5 Å². The molecule has 0 saturated carbocycles. The zero-order valence-corrected chi connectivity index (χ0v) is 11.7. The Kier molecular flexibility index (Phi) is 5.85. The molecule has 3 N–H and O–H groups in total. The van der Waals surface area contributed by atoms with Gasteiger partial charge in [-0.1, -0.05) is 13.3 Å². The first-order chi connectivity index (χ1) is 8.62. The number of aromatic nitrogens is 2. The molecule has 1 unspecified atom stereocenters. The Morgan fingerprint density at radius 1 is 1.22 bits per heavy atom. The van der Waals surface area contributed by atoms with Crippen molar-refractivity contribution in [1.29, 1.82) is 0 Å². The van der Waals surface area contributed by atoms with Crippen LogP contribution < -0.4 is 10.6 Å². The fraction of sp³-hybridized carbons (Fsp3) is 0.692. The highest BCUT2D eigenvalue weighted by Crippen LogP contribution is 2.20. The third-order valence-corrected chi connectivity index (χ3v) is 3.17. The van der Waals surface area contributed by atoms with Crippen molar-refractivity contribution in [2.24, 2.45) is 5.92 Å².